The number of hydrogen-bond acceptors (Lipinski definition) is 3. The second-order valence-corrected chi connectivity index (χ2v) is 7.32. The molecule has 2 aliphatic carbocycles. The first-order chi connectivity index (χ1) is 10.8. The molecule has 0 radical (unpaired) electrons. The molecule has 0 aromatic carbocycles. The van der Waals surface area contributed by atoms with E-state index in [1.165, 1.54) is 25.7 Å². The van der Waals surface area contributed by atoms with Gasteiger partial charge in [0.05, 0.1) is 12.1 Å². The van der Waals surface area contributed by atoms with Gasteiger partial charge in [-0.15, -0.1) is 0 Å². The van der Waals surface area contributed by atoms with Crippen molar-refractivity contribution in [3.05, 3.63) is 18.5 Å². The summed E-state index contributed by atoms with van der Waals surface area (Å²) in [4.78, 5) is 12.7. The Balaban J connectivity index is 1.40. The molecular formula is C17H26N4O. The minimum Gasteiger partial charge on any atom is -0.351 e. The number of rotatable bonds is 3. The maximum atomic E-state index is 12.7. The van der Waals surface area contributed by atoms with E-state index in [4.69, 9.17) is 0 Å². The van der Waals surface area contributed by atoms with Crippen molar-refractivity contribution in [3.8, 4) is 0 Å². The zero-order chi connectivity index (χ0) is 15.0. The number of hydrogen-bond donors (Lipinski definition) is 2. The fourth-order valence-corrected chi connectivity index (χ4v) is 4.55. The first-order valence-electron chi connectivity index (χ1n) is 8.79. The van der Waals surface area contributed by atoms with Gasteiger partial charge < -0.3 is 10.6 Å². The Morgan fingerprint density at radius 3 is 2.86 bits per heavy atom. The second-order valence-electron chi connectivity index (χ2n) is 7.32. The van der Waals surface area contributed by atoms with E-state index in [2.05, 4.69) is 15.7 Å². The van der Waals surface area contributed by atoms with Crippen molar-refractivity contribution in [2.24, 2.45) is 11.3 Å². The third-order valence-electron chi connectivity index (χ3n) is 6.03. The molecule has 1 amide bonds. The highest BCUT2D eigenvalue weighted by molar-refractivity contribution is 5.83. The number of nitrogens with one attached hydrogen (secondary N) is 2. The lowest BCUT2D eigenvalue weighted by atomic mass is 9.89. The summed E-state index contributed by atoms with van der Waals surface area (Å²) >= 11 is 0. The van der Waals surface area contributed by atoms with Crippen molar-refractivity contribution in [3.63, 3.8) is 0 Å². The van der Waals surface area contributed by atoms with Crippen LogP contribution >= 0.6 is 0 Å². The van der Waals surface area contributed by atoms with Gasteiger partial charge in [-0.05, 0) is 56.7 Å². The highest BCUT2D eigenvalue weighted by Crippen LogP contribution is 2.58. The number of amides is 1. The summed E-state index contributed by atoms with van der Waals surface area (Å²) < 4.78 is 2.04. The molecule has 1 spiro atoms. The van der Waals surface area contributed by atoms with E-state index in [0.717, 1.165) is 32.4 Å². The van der Waals surface area contributed by atoms with Crippen LogP contribution in [0.3, 0.4) is 0 Å². The lowest BCUT2D eigenvalue weighted by Crippen LogP contribution is -2.44. The Hall–Kier alpha value is -1.36. The summed E-state index contributed by atoms with van der Waals surface area (Å²) in [5.74, 6) is 0.556. The van der Waals surface area contributed by atoms with Gasteiger partial charge in [-0.3, -0.25) is 9.48 Å². The molecule has 0 bridgehead atoms. The molecule has 5 heteroatoms. The highest BCUT2D eigenvalue weighted by atomic mass is 16.2. The predicted molar refractivity (Wildman–Crippen MR) is 84.3 cm³/mol. The SMILES string of the molecule is O=C(NC1CCCCC1n1cccn1)C1CC12CCNCC2. The van der Waals surface area contributed by atoms with Crippen LogP contribution < -0.4 is 10.6 Å². The normalized spacial score (nSPS) is 33.5. The van der Waals surface area contributed by atoms with Crippen molar-refractivity contribution in [2.75, 3.05) is 13.1 Å². The zero-order valence-electron chi connectivity index (χ0n) is 13.1. The summed E-state index contributed by atoms with van der Waals surface area (Å²) in [6.07, 6.45) is 11.9. The van der Waals surface area contributed by atoms with E-state index in [0.29, 0.717) is 17.4 Å². The molecule has 1 aliphatic heterocycles. The molecule has 1 aromatic heterocycles. The lowest BCUT2D eigenvalue weighted by Gasteiger charge is -2.33. The van der Waals surface area contributed by atoms with Crippen molar-refractivity contribution in [1.82, 2.24) is 20.4 Å². The van der Waals surface area contributed by atoms with Gasteiger partial charge in [-0.2, -0.15) is 5.10 Å². The molecular weight excluding hydrogens is 276 g/mol. The topological polar surface area (TPSA) is 59.0 Å². The molecule has 3 aliphatic rings. The maximum Gasteiger partial charge on any atom is 0.223 e. The number of aromatic nitrogens is 2. The molecule has 5 nitrogen and oxygen atoms in total. The first kappa shape index (κ1) is 14.2. The fourth-order valence-electron chi connectivity index (χ4n) is 4.55. The minimum absolute atomic E-state index is 0.250. The molecule has 3 fully saturated rings. The van der Waals surface area contributed by atoms with E-state index in [-0.39, 0.29) is 12.0 Å². The lowest BCUT2D eigenvalue weighted by molar-refractivity contribution is -0.124. The summed E-state index contributed by atoms with van der Waals surface area (Å²) in [6, 6.07) is 2.55. The van der Waals surface area contributed by atoms with Crippen LogP contribution in [-0.4, -0.2) is 34.8 Å². The van der Waals surface area contributed by atoms with Gasteiger partial charge in [-0.1, -0.05) is 12.8 Å². The zero-order valence-corrected chi connectivity index (χ0v) is 13.1. The van der Waals surface area contributed by atoms with Crippen LogP contribution in [0.4, 0.5) is 0 Å². The van der Waals surface area contributed by atoms with Crippen molar-refractivity contribution in [1.29, 1.82) is 0 Å². The third-order valence-corrected chi connectivity index (χ3v) is 6.03. The van der Waals surface area contributed by atoms with Gasteiger partial charge in [0.1, 0.15) is 0 Å². The van der Waals surface area contributed by atoms with Gasteiger partial charge in [-0.25, -0.2) is 0 Å². The molecule has 2 heterocycles. The van der Waals surface area contributed by atoms with Crippen LogP contribution in [0.1, 0.15) is 51.0 Å². The van der Waals surface area contributed by atoms with Gasteiger partial charge in [0.25, 0.3) is 0 Å². The summed E-state index contributed by atoms with van der Waals surface area (Å²) in [5.41, 5.74) is 0.325. The van der Waals surface area contributed by atoms with Crippen LogP contribution in [0.2, 0.25) is 0 Å². The van der Waals surface area contributed by atoms with E-state index in [9.17, 15) is 4.79 Å². The number of carbonyl (C=O) groups excluding carboxylic acids is 1. The Kier molecular flexibility index (Phi) is 3.68. The first-order valence-corrected chi connectivity index (χ1v) is 8.79. The fraction of sp³-hybridized carbons (Fsp3) is 0.765. The Morgan fingerprint density at radius 1 is 1.27 bits per heavy atom. The molecule has 2 saturated carbocycles. The second kappa shape index (κ2) is 5.69. The molecule has 3 unspecified atom stereocenters. The largest absolute Gasteiger partial charge is 0.351 e. The van der Waals surface area contributed by atoms with Crippen molar-refractivity contribution >= 4 is 5.91 Å². The van der Waals surface area contributed by atoms with Gasteiger partial charge in [0.15, 0.2) is 0 Å². The van der Waals surface area contributed by atoms with Crippen molar-refractivity contribution < 1.29 is 4.79 Å². The Bertz CT molecular complexity index is 521. The van der Waals surface area contributed by atoms with Crippen LogP contribution in [0.25, 0.3) is 0 Å². The molecule has 120 valence electrons. The average molecular weight is 302 g/mol. The Labute approximate surface area is 131 Å². The van der Waals surface area contributed by atoms with E-state index in [1.807, 2.05) is 23.1 Å². The monoisotopic (exact) mass is 302 g/mol. The number of piperidine rings is 1. The standard InChI is InChI=1S/C17H26N4O/c22-16(13-12-17(13)6-9-18-10-7-17)20-14-4-1-2-5-15(14)21-11-3-8-19-21/h3,8,11,13-15,18H,1-2,4-7,9-10,12H2,(H,20,22). The summed E-state index contributed by atoms with van der Waals surface area (Å²) in [6.45, 7) is 2.15. The molecule has 1 saturated heterocycles. The highest BCUT2D eigenvalue weighted by Gasteiger charge is 2.57. The maximum absolute atomic E-state index is 12.7. The van der Waals surface area contributed by atoms with E-state index >= 15 is 0 Å². The van der Waals surface area contributed by atoms with Gasteiger partial charge >= 0.3 is 0 Å². The van der Waals surface area contributed by atoms with Crippen LogP contribution in [0.15, 0.2) is 18.5 Å². The van der Waals surface area contributed by atoms with Gasteiger partial charge in [0, 0.05) is 18.3 Å². The smallest absolute Gasteiger partial charge is 0.223 e. The Morgan fingerprint density at radius 2 is 2.09 bits per heavy atom. The number of nitrogens with zero attached hydrogens (tertiary/aromatic N) is 2. The van der Waals surface area contributed by atoms with Crippen LogP contribution in [0, 0.1) is 11.3 Å². The molecule has 22 heavy (non-hydrogen) atoms. The predicted octanol–water partition coefficient (Wildman–Crippen LogP) is 1.87. The molecule has 2 N–H and O–H groups in total. The van der Waals surface area contributed by atoms with Crippen molar-refractivity contribution in [2.45, 2.75) is 57.0 Å². The van der Waals surface area contributed by atoms with Gasteiger partial charge in [0.2, 0.25) is 5.91 Å². The molecule has 4 rings (SSSR count). The van der Waals surface area contributed by atoms with E-state index < -0.39 is 0 Å². The summed E-state index contributed by atoms with van der Waals surface area (Å²) in [7, 11) is 0. The van der Waals surface area contributed by atoms with Crippen LogP contribution in [-0.2, 0) is 4.79 Å². The van der Waals surface area contributed by atoms with Crippen LogP contribution in [0.5, 0.6) is 0 Å². The third kappa shape index (κ3) is 2.56. The summed E-state index contributed by atoms with van der Waals surface area (Å²) in [5, 5.41) is 11.2. The quantitative estimate of drug-likeness (QED) is 0.896. The molecule has 1 aromatic rings. The minimum atomic E-state index is 0.250. The average Bonchev–Trinajstić information content (AvgIpc) is 2.99. The van der Waals surface area contributed by atoms with E-state index in [1.54, 1.807) is 0 Å². The number of carbonyl (C=O) groups is 1. The molecule has 3 atom stereocenters.